The third-order valence-electron chi connectivity index (χ3n) is 4.16. The lowest BCUT2D eigenvalue weighted by Crippen LogP contribution is -2.06. The standard InChI is InChI=1S/C19H20ClN5O/c1-11-5-4-6-14(12(11)2)24-18-17(21)19(23-10-22-18)25-15-9-13(20)7-8-16(15)26-3/h4-10H,21H2,1-3H3,(H2,22,23,24,25). The Labute approximate surface area is 157 Å². The number of ether oxygens (including phenoxy) is 1. The number of nitrogen functional groups attached to an aromatic ring is 1. The lowest BCUT2D eigenvalue weighted by Gasteiger charge is -2.16. The molecule has 3 rings (SSSR count). The van der Waals surface area contributed by atoms with Crippen LogP contribution in [0.1, 0.15) is 11.1 Å². The summed E-state index contributed by atoms with van der Waals surface area (Å²) in [6.45, 7) is 4.10. The van der Waals surface area contributed by atoms with Crippen molar-refractivity contribution in [1.82, 2.24) is 9.97 Å². The first-order chi connectivity index (χ1) is 12.5. The minimum atomic E-state index is 0.399. The van der Waals surface area contributed by atoms with Gasteiger partial charge in [0.15, 0.2) is 11.6 Å². The highest BCUT2D eigenvalue weighted by Gasteiger charge is 2.12. The largest absolute Gasteiger partial charge is 0.495 e. The minimum absolute atomic E-state index is 0.399. The zero-order valence-corrected chi connectivity index (χ0v) is 15.6. The summed E-state index contributed by atoms with van der Waals surface area (Å²) < 4.78 is 5.35. The molecule has 0 saturated heterocycles. The van der Waals surface area contributed by atoms with E-state index in [1.807, 2.05) is 19.1 Å². The second kappa shape index (κ2) is 7.49. The molecule has 7 heteroatoms. The number of nitrogens with two attached hydrogens (primary N) is 1. The van der Waals surface area contributed by atoms with E-state index in [-0.39, 0.29) is 0 Å². The molecular weight excluding hydrogens is 350 g/mol. The van der Waals surface area contributed by atoms with Crippen LogP contribution in [0.2, 0.25) is 5.02 Å². The maximum absolute atomic E-state index is 6.27. The molecule has 6 nitrogen and oxygen atoms in total. The summed E-state index contributed by atoms with van der Waals surface area (Å²) in [6, 6.07) is 11.3. The number of anilines is 5. The molecule has 4 N–H and O–H groups in total. The third kappa shape index (κ3) is 3.65. The van der Waals surface area contributed by atoms with Crippen LogP contribution in [0.3, 0.4) is 0 Å². The Kier molecular flexibility index (Phi) is 5.14. The number of methoxy groups -OCH3 is 1. The van der Waals surface area contributed by atoms with Gasteiger partial charge in [0.1, 0.15) is 17.8 Å². The summed E-state index contributed by atoms with van der Waals surface area (Å²) in [5.74, 6) is 1.63. The van der Waals surface area contributed by atoms with Crippen LogP contribution in [0.5, 0.6) is 5.75 Å². The molecule has 0 unspecified atom stereocenters. The fourth-order valence-corrected chi connectivity index (χ4v) is 2.69. The van der Waals surface area contributed by atoms with E-state index in [4.69, 9.17) is 22.1 Å². The van der Waals surface area contributed by atoms with Crippen LogP contribution < -0.4 is 21.1 Å². The van der Waals surface area contributed by atoms with Gasteiger partial charge in [0.05, 0.1) is 12.8 Å². The molecule has 0 spiro atoms. The first-order valence-electron chi connectivity index (χ1n) is 8.04. The quantitative estimate of drug-likeness (QED) is 0.597. The van der Waals surface area contributed by atoms with E-state index in [1.54, 1.807) is 25.3 Å². The number of rotatable bonds is 5. The van der Waals surface area contributed by atoms with Crippen LogP contribution in [0.25, 0.3) is 0 Å². The van der Waals surface area contributed by atoms with E-state index in [0.29, 0.717) is 33.8 Å². The Bertz CT molecular complexity index is 945. The van der Waals surface area contributed by atoms with Crippen molar-refractivity contribution in [3.8, 4) is 5.75 Å². The average Bonchev–Trinajstić information content (AvgIpc) is 2.62. The van der Waals surface area contributed by atoms with Gasteiger partial charge in [-0.2, -0.15) is 0 Å². The van der Waals surface area contributed by atoms with E-state index in [9.17, 15) is 0 Å². The van der Waals surface area contributed by atoms with Gasteiger partial charge in [-0.05, 0) is 49.2 Å². The summed E-state index contributed by atoms with van der Waals surface area (Å²) in [4.78, 5) is 8.50. The predicted octanol–water partition coefficient (Wildman–Crippen LogP) is 4.82. The molecule has 0 amide bonds. The number of hydrogen-bond acceptors (Lipinski definition) is 6. The van der Waals surface area contributed by atoms with Crippen LogP contribution in [-0.4, -0.2) is 17.1 Å². The molecule has 0 saturated carbocycles. The molecule has 2 aromatic carbocycles. The lowest BCUT2D eigenvalue weighted by molar-refractivity contribution is 0.417. The molecule has 134 valence electrons. The zero-order valence-electron chi connectivity index (χ0n) is 14.8. The van der Waals surface area contributed by atoms with Crippen LogP contribution in [0, 0.1) is 13.8 Å². The van der Waals surface area contributed by atoms with E-state index >= 15 is 0 Å². The molecule has 0 aliphatic rings. The molecule has 0 atom stereocenters. The van der Waals surface area contributed by atoms with Gasteiger partial charge in [0, 0.05) is 10.7 Å². The normalized spacial score (nSPS) is 10.5. The zero-order chi connectivity index (χ0) is 18.7. The van der Waals surface area contributed by atoms with Crippen molar-refractivity contribution >= 4 is 40.3 Å². The summed E-state index contributed by atoms with van der Waals surface area (Å²) >= 11 is 6.08. The SMILES string of the molecule is COc1ccc(Cl)cc1Nc1ncnc(Nc2cccc(C)c2C)c1N. The number of nitrogens with one attached hydrogen (secondary N) is 2. The number of aryl methyl sites for hydroxylation is 1. The lowest BCUT2D eigenvalue weighted by atomic mass is 10.1. The number of halogens is 1. The second-order valence-electron chi connectivity index (χ2n) is 5.83. The monoisotopic (exact) mass is 369 g/mol. The van der Waals surface area contributed by atoms with Crippen molar-refractivity contribution in [2.45, 2.75) is 13.8 Å². The molecule has 1 aromatic heterocycles. The van der Waals surface area contributed by atoms with E-state index in [0.717, 1.165) is 11.3 Å². The van der Waals surface area contributed by atoms with Crippen LogP contribution in [0.4, 0.5) is 28.7 Å². The van der Waals surface area contributed by atoms with Gasteiger partial charge < -0.3 is 21.1 Å². The fourth-order valence-electron chi connectivity index (χ4n) is 2.51. The van der Waals surface area contributed by atoms with E-state index < -0.39 is 0 Å². The van der Waals surface area contributed by atoms with Crippen molar-refractivity contribution in [1.29, 1.82) is 0 Å². The molecule has 0 fully saturated rings. The highest BCUT2D eigenvalue weighted by Crippen LogP contribution is 2.34. The van der Waals surface area contributed by atoms with Crippen LogP contribution in [-0.2, 0) is 0 Å². The van der Waals surface area contributed by atoms with Crippen molar-refractivity contribution in [3.63, 3.8) is 0 Å². The Morgan fingerprint density at radius 1 is 1.00 bits per heavy atom. The van der Waals surface area contributed by atoms with Gasteiger partial charge in [-0.3, -0.25) is 0 Å². The second-order valence-corrected chi connectivity index (χ2v) is 6.26. The highest BCUT2D eigenvalue weighted by molar-refractivity contribution is 6.31. The van der Waals surface area contributed by atoms with Gasteiger partial charge in [-0.15, -0.1) is 0 Å². The van der Waals surface area contributed by atoms with Gasteiger partial charge in [-0.1, -0.05) is 23.7 Å². The Morgan fingerprint density at radius 3 is 2.38 bits per heavy atom. The first kappa shape index (κ1) is 17.8. The average molecular weight is 370 g/mol. The molecular formula is C19H20ClN5O. The van der Waals surface area contributed by atoms with Crippen molar-refractivity contribution in [3.05, 3.63) is 58.9 Å². The molecule has 0 aliphatic heterocycles. The van der Waals surface area contributed by atoms with Crippen molar-refractivity contribution < 1.29 is 4.74 Å². The van der Waals surface area contributed by atoms with Gasteiger partial charge >= 0.3 is 0 Å². The number of hydrogen-bond donors (Lipinski definition) is 3. The smallest absolute Gasteiger partial charge is 0.159 e. The molecule has 26 heavy (non-hydrogen) atoms. The van der Waals surface area contributed by atoms with Gasteiger partial charge in [0.2, 0.25) is 0 Å². The first-order valence-corrected chi connectivity index (χ1v) is 8.41. The minimum Gasteiger partial charge on any atom is -0.495 e. The summed E-state index contributed by atoms with van der Waals surface area (Å²) in [5.41, 5.74) is 10.6. The van der Waals surface area contributed by atoms with E-state index in [2.05, 4.69) is 33.6 Å². The highest BCUT2D eigenvalue weighted by atomic mass is 35.5. The summed E-state index contributed by atoms with van der Waals surface area (Å²) in [5, 5.41) is 7.01. The van der Waals surface area contributed by atoms with Gasteiger partial charge in [-0.25, -0.2) is 9.97 Å². The van der Waals surface area contributed by atoms with Crippen molar-refractivity contribution in [2.24, 2.45) is 0 Å². The number of nitrogens with zero attached hydrogens (tertiary/aromatic N) is 2. The molecule has 0 aliphatic carbocycles. The summed E-state index contributed by atoms with van der Waals surface area (Å²) in [7, 11) is 1.59. The van der Waals surface area contributed by atoms with E-state index in [1.165, 1.54) is 11.9 Å². The van der Waals surface area contributed by atoms with Gasteiger partial charge in [0.25, 0.3) is 0 Å². The van der Waals surface area contributed by atoms with Crippen molar-refractivity contribution in [2.75, 3.05) is 23.5 Å². The summed E-state index contributed by atoms with van der Waals surface area (Å²) in [6.07, 6.45) is 1.45. The Hall–Kier alpha value is -2.99. The van der Waals surface area contributed by atoms with Crippen LogP contribution >= 0.6 is 11.6 Å². The molecule has 1 heterocycles. The predicted molar refractivity (Wildman–Crippen MR) is 107 cm³/mol. The third-order valence-corrected chi connectivity index (χ3v) is 4.39. The Morgan fingerprint density at radius 2 is 1.69 bits per heavy atom. The molecule has 0 bridgehead atoms. The topological polar surface area (TPSA) is 85.1 Å². The Balaban J connectivity index is 1.93. The maximum Gasteiger partial charge on any atom is 0.159 e. The molecule has 3 aromatic rings. The number of aromatic nitrogens is 2. The number of benzene rings is 2. The van der Waals surface area contributed by atoms with Crippen LogP contribution in [0.15, 0.2) is 42.7 Å². The fraction of sp³-hybridized carbons (Fsp3) is 0.158. The maximum atomic E-state index is 6.27. The molecule has 0 radical (unpaired) electrons.